The Hall–Kier alpha value is -0.0400. The minimum atomic E-state index is 0.832. The Kier molecular flexibility index (Phi) is 5.82. The first kappa shape index (κ1) is 14.0. The zero-order valence-electron chi connectivity index (χ0n) is 11.7. The fourth-order valence-corrected chi connectivity index (χ4v) is 3.84. The topological polar surface area (TPSA) is 26.0 Å². The normalized spacial score (nSPS) is 31.5. The smallest absolute Gasteiger partial charge is 0.00772 e. The Morgan fingerprint density at radius 3 is 2.44 bits per heavy atom. The first-order valence-corrected chi connectivity index (χ1v) is 7.31. The zero-order valence-corrected chi connectivity index (χ0v) is 11.7. The van der Waals surface area contributed by atoms with E-state index in [0.29, 0.717) is 0 Å². The molecule has 96 valence electrons. The predicted molar refractivity (Wildman–Crippen MR) is 72.3 cm³/mol. The summed E-state index contributed by atoms with van der Waals surface area (Å²) in [5.74, 6) is 4.72. The van der Waals surface area contributed by atoms with Gasteiger partial charge in [-0.2, -0.15) is 0 Å². The van der Waals surface area contributed by atoms with E-state index in [1.165, 1.54) is 32.1 Å². The van der Waals surface area contributed by atoms with Crippen molar-refractivity contribution in [2.24, 2.45) is 35.3 Å². The van der Waals surface area contributed by atoms with E-state index in [9.17, 15) is 0 Å². The molecule has 1 aliphatic carbocycles. The molecule has 1 aliphatic rings. The fourth-order valence-electron chi connectivity index (χ4n) is 3.84. The molecule has 1 nitrogen and oxygen atoms in total. The van der Waals surface area contributed by atoms with Gasteiger partial charge in [-0.25, -0.2) is 0 Å². The van der Waals surface area contributed by atoms with E-state index in [2.05, 4.69) is 27.7 Å². The highest BCUT2D eigenvalue weighted by Gasteiger charge is 2.42. The monoisotopic (exact) mass is 225 g/mol. The van der Waals surface area contributed by atoms with E-state index >= 15 is 0 Å². The van der Waals surface area contributed by atoms with Gasteiger partial charge in [-0.15, -0.1) is 0 Å². The highest BCUT2D eigenvalue weighted by atomic mass is 14.5. The molecule has 0 aromatic rings. The number of hydrogen-bond acceptors (Lipinski definition) is 1. The van der Waals surface area contributed by atoms with Gasteiger partial charge >= 0.3 is 0 Å². The molecule has 0 bridgehead atoms. The summed E-state index contributed by atoms with van der Waals surface area (Å²) in [5.41, 5.74) is 5.66. The summed E-state index contributed by atoms with van der Waals surface area (Å²) in [4.78, 5) is 0. The lowest BCUT2D eigenvalue weighted by Gasteiger charge is -2.49. The Bertz CT molecular complexity index is 181. The van der Waals surface area contributed by atoms with E-state index in [4.69, 9.17) is 5.73 Å². The maximum Gasteiger partial charge on any atom is -0.00772 e. The molecule has 1 rings (SSSR count). The molecule has 0 aromatic carbocycles. The largest absolute Gasteiger partial charge is 0.330 e. The maximum absolute atomic E-state index is 5.66. The average Bonchev–Trinajstić information content (AvgIpc) is 2.23. The van der Waals surface area contributed by atoms with Crippen molar-refractivity contribution in [3.63, 3.8) is 0 Å². The van der Waals surface area contributed by atoms with E-state index in [0.717, 1.165) is 36.1 Å². The van der Waals surface area contributed by atoms with Crippen molar-refractivity contribution in [2.45, 2.75) is 59.8 Å². The minimum Gasteiger partial charge on any atom is -0.330 e. The van der Waals surface area contributed by atoms with Gasteiger partial charge in [-0.05, 0) is 55.4 Å². The van der Waals surface area contributed by atoms with Gasteiger partial charge in [0.15, 0.2) is 0 Å². The zero-order chi connectivity index (χ0) is 12.1. The van der Waals surface area contributed by atoms with Crippen LogP contribution in [0.5, 0.6) is 0 Å². The fraction of sp³-hybridized carbons (Fsp3) is 1.00. The third-order valence-electron chi connectivity index (χ3n) is 4.63. The van der Waals surface area contributed by atoms with Crippen molar-refractivity contribution in [2.75, 3.05) is 6.54 Å². The molecule has 4 atom stereocenters. The molecule has 0 radical (unpaired) electrons. The van der Waals surface area contributed by atoms with Crippen molar-refractivity contribution in [1.82, 2.24) is 0 Å². The van der Waals surface area contributed by atoms with Crippen LogP contribution < -0.4 is 5.73 Å². The predicted octanol–water partition coefficient (Wildman–Crippen LogP) is 4.07. The van der Waals surface area contributed by atoms with Crippen molar-refractivity contribution < 1.29 is 0 Å². The van der Waals surface area contributed by atoms with Crippen molar-refractivity contribution in [3.05, 3.63) is 0 Å². The summed E-state index contributed by atoms with van der Waals surface area (Å²) in [6, 6.07) is 0. The molecule has 1 saturated carbocycles. The Labute approximate surface area is 102 Å². The van der Waals surface area contributed by atoms with Crippen LogP contribution in [0.2, 0.25) is 0 Å². The first-order chi connectivity index (χ1) is 7.61. The Morgan fingerprint density at radius 1 is 1.31 bits per heavy atom. The van der Waals surface area contributed by atoms with Crippen molar-refractivity contribution in [1.29, 1.82) is 0 Å². The second-order valence-corrected chi connectivity index (χ2v) is 6.18. The maximum atomic E-state index is 5.66. The highest BCUT2D eigenvalue weighted by Crippen LogP contribution is 2.50. The van der Waals surface area contributed by atoms with Gasteiger partial charge in [0.25, 0.3) is 0 Å². The molecule has 1 fully saturated rings. The van der Waals surface area contributed by atoms with Crippen molar-refractivity contribution >= 4 is 0 Å². The molecule has 0 aromatic heterocycles. The highest BCUT2D eigenvalue weighted by molar-refractivity contribution is 4.91. The Balaban J connectivity index is 2.54. The van der Waals surface area contributed by atoms with E-state index in [1.54, 1.807) is 0 Å². The molecule has 4 unspecified atom stereocenters. The number of rotatable bonds is 7. The molecular weight excluding hydrogens is 194 g/mol. The van der Waals surface area contributed by atoms with Crippen LogP contribution in [-0.4, -0.2) is 6.54 Å². The van der Waals surface area contributed by atoms with Crippen LogP contribution in [0.25, 0.3) is 0 Å². The van der Waals surface area contributed by atoms with Crippen LogP contribution in [0.15, 0.2) is 0 Å². The SMILES string of the molecule is CCCC1CC(C)C1C(CCCN)C(C)C. The van der Waals surface area contributed by atoms with Crippen LogP contribution in [0, 0.1) is 29.6 Å². The summed E-state index contributed by atoms with van der Waals surface area (Å²) in [5, 5.41) is 0. The third kappa shape index (κ3) is 3.23. The van der Waals surface area contributed by atoms with Crippen LogP contribution in [0.4, 0.5) is 0 Å². The average molecular weight is 225 g/mol. The summed E-state index contributed by atoms with van der Waals surface area (Å²) < 4.78 is 0. The lowest BCUT2D eigenvalue weighted by molar-refractivity contribution is -0.000150. The van der Waals surface area contributed by atoms with Gasteiger partial charge in [0.05, 0.1) is 0 Å². The second-order valence-electron chi connectivity index (χ2n) is 6.18. The van der Waals surface area contributed by atoms with Gasteiger partial charge in [-0.1, -0.05) is 40.5 Å². The van der Waals surface area contributed by atoms with Crippen LogP contribution in [0.1, 0.15) is 59.8 Å². The summed E-state index contributed by atoms with van der Waals surface area (Å²) in [6.07, 6.45) is 6.84. The molecular formula is C15H31N. The van der Waals surface area contributed by atoms with Crippen molar-refractivity contribution in [3.8, 4) is 0 Å². The molecule has 0 saturated heterocycles. The molecule has 0 amide bonds. The van der Waals surface area contributed by atoms with Crippen LogP contribution in [0.3, 0.4) is 0 Å². The molecule has 0 spiro atoms. The van der Waals surface area contributed by atoms with Gasteiger partial charge in [0.1, 0.15) is 0 Å². The van der Waals surface area contributed by atoms with Crippen LogP contribution in [-0.2, 0) is 0 Å². The molecule has 16 heavy (non-hydrogen) atoms. The second kappa shape index (κ2) is 6.64. The summed E-state index contributed by atoms with van der Waals surface area (Å²) >= 11 is 0. The molecule has 1 heteroatoms. The van der Waals surface area contributed by atoms with Gasteiger partial charge in [0.2, 0.25) is 0 Å². The number of hydrogen-bond donors (Lipinski definition) is 1. The first-order valence-electron chi connectivity index (χ1n) is 7.31. The Morgan fingerprint density at radius 2 is 2.00 bits per heavy atom. The minimum absolute atomic E-state index is 0.832. The summed E-state index contributed by atoms with van der Waals surface area (Å²) in [6.45, 7) is 10.4. The number of nitrogens with two attached hydrogens (primary N) is 1. The van der Waals surface area contributed by atoms with E-state index in [1.807, 2.05) is 0 Å². The van der Waals surface area contributed by atoms with Gasteiger partial charge in [0, 0.05) is 0 Å². The summed E-state index contributed by atoms with van der Waals surface area (Å²) in [7, 11) is 0. The van der Waals surface area contributed by atoms with E-state index in [-0.39, 0.29) is 0 Å². The van der Waals surface area contributed by atoms with Gasteiger partial charge in [-0.3, -0.25) is 0 Å². The van der Waals surface area contributed by atoms with Crippen LogP contribution >= 0.6 is 0 Å². The van der Waals surface area contributed by atoms with Gasteiger partial charge < -0.3 is 5.73 Å². The quantitative estimate of drug-likeness (QED) is 0.694. The third-order valence-corrected chi connectivity index (χ3v) is 4.63. The lowest BCUT2D eigenvalue weighted by atomic mass is 9.56. The standard InChI is InChI=1S/C15H31N/c1-5-7-13-10-12(4)15(13)14(11(2)3)8-6-9-16/h11-15H,5-10,16H2,1-4H3. The molecule has 0 heterocycles. The molecule has 0 aliphatic heterocycles. The molecule has 2 N–H and O–H groups in total. The van der Waals surface area contributed by atoms with E-state index < -0.39 is 0 Å². The lowest BCUT2D eigenvalue weighted by Crippen LogP contribution is -2.42.